The van der Waals surface area contributed by atoms with Crippen LogP contribution in [-0.4, -0.2) is 33.1 Å². The molecule has 3 rings (SSSR count). The molecule has 106 valence electrons. The summed E-state index contributed by atoms with van der Waals surface area (Å²) in [6.45, 7) is 7.49. The van der Waals surface area contributed by atoms with Gasteiger partial charge in [-0.05, 0) is 26.3 Å². The molecule has 1 aliphatic rings. The second kappa shape index (κ2) is 4.98. The number of nitrogens with zero attached hydrogens (tertiary/aromatic N) is 4. The van der Waals surface area contributed by atoms with Gasteiger partial charge in [0.1, 0.15) is 17.7 Å². The first-order chi connectivity index (χ1) is 9.60. The summed E-state index contributed by atoms with van der Waals surface area (Å²) in [5, 5.41) is 11.3. The van der Waals surface area contributed by atoms with Gasteiger partial charge in [-0.2, -0.15) is 0 Å². The maximum Gasteiger partial charge on any atom is 0.142 e. The number of rotatable bonds is 3. The summed E-state index contributed by atoms with van der Waals surface area (Å²) in [6.07, 6.45) is 1.65. The number of pyridine rings is 1. The van der Waals surface area contributed by atoms with Crippen molar-refractivity contribution in [1.29, 1.82) is 0 Å². The van der Waals surface area contributed by atoms with Crippen molar-refractivity contribution in [3.05, 3.63) is 23.3 Å². The molecule has 1 N–H and O–H groups in total. The van der Waals surface area contributed by atoms with E-state index in [0.717, 1.165) is 53.3 Å². The molecule has 2 aromatic rings. The van der Waals surface area contributed by atoms with Gasteiger partial charge < -0.3 is 10.0 Å². The van der Waals surface area contributed by atoms with E-state index in [9.17, 15) is 5.11 Å². The van der Waals surface area contributed by atoms with Crippen LogP contribution in [0.15, 0.2) is 6.07 Å². The summed E-state index contributed by atoms with van der Waals surface area (Å²) in [5.74, 6) is 1.69. The van der Waals surface area contributed by atoms with Gasteiger partial charge >= 0.3 is 0 Å². The molecule has 0 spiro atoms. The first-order valence-electron chi connectivity index (χ1n) is 7.19. The van der Waals surface area contributed by atoms with Crippen molar-refractivity contribution in [2.75, 3.05) is 18.0 Å². The van der Waals surface area contributed by atoms with Crippen LogP contribution in [0.5, 0.6) is 0 Å². The number of aliphatic hydroxyl groups excluding tert-OH is 1. The molecule has 0 fully saturated rings. The Morgan fingerprint density at radius 3 is 2.85 bits per heavy atom. The number of β-amino-alcohol motifs (C(OH)–C–C–N with tert-alkyl or cyclic N) is 1. The van der Waals surface area contributed by atoms with Crippen LogP contribution in [0.4, 0.5) is 5.82 Å². The molecular weight excluding hydrogens is 252 g/mol. The van der Waals surface area contributed by atoms with Gasteiger partial charge in [-0.15, -0.1) is 0 Å². The van der Waals surface area contributed by atoms with Crippen molar-refractivity contribution in [3.8, 4) is 0 Å². The summed E-state index contributed by atoms with van der Waals surface area (Å²) < 4.78 is 0. The fourth-order valence-electron chi connectivity index (χ4n) is 2.80. The molecule has 0 radical (unpaired) electrons. The van der Waals surface area contributed by atoms with Gasteiger partial charge in [0.05, 0.1) is 23.1 Å². The normalized spacial score (nSPS) is 17.8. The summed E-state index contributed by atoms with van der Waals surface area (Å²) >= 11 is 0. The summed E-state index contributed by atoms with van der Waals surface area (Å²) in [5.41, 5.74) is 2.50. The molecule has 0 aromatic carbocycles. The molecule has 1 atom stereocenters. The molecule has 1 aliphatic heterocycles. The van der Waals surface area contributed by atoms with Gasteiger partial charge in [0.2, 0.25) is 0 Å². The molecule has 20 heavy (non-hydrogen) atoms. The third kappa shape index (κ3) is 2.12. The Balaban J connectivity index is 2.22. The third-order valence-electron chi connectivity index (χ3n) is 3.72. The second-order valence-corrected chi connectivity index (χ2v) is 5.45. The fourth-order valence-corrected chi connectivity index (χ4v) is 2.80. The SMILES string of the molecule is CCCCN1CC(O)c2nc(C)cc3nc(C)nc1c23. The van der Waals surface area contributed by atoms with Crippen molar-refractivity contribution in [3.63, 3.8) is 0 Å². The maximum atomic E-state index is 10.4. The highest BCUT2D eigenvalue weighted by molar-refractivity contribution is 5.93. The van der Waals surface area contributed by atoms with Crippen LogP contribution in [-0.2, 0) is 0 Å². The largest absolute Gasteiger partial charge is 0.385 e. The van der Waals surface area contributed by atoms with E-state index in [0.29, 0.717) is 6.54 Å². The predicted octanol–water partition coefficient (Wildman–Crippen LogP) is 2.30. The smallest absolute Gasteiger partial charge is 0.142 e. The topological polar surface area (TPSA) is 62.1 Å². The predicted molar refractivity (Wildman–Crippen MR) is 78.9 cm³/mol. The maximum absolute atomic E-state index is 10.4. The van der Waals surface area contributed by atoms with E-state index in [1.165, 1.54) is 0 Å². The Kier molecular flexibility index (Phi) is 3.30. The molecule has 0 amide bonds. The molecular formula is C15H20N4O. The minimum atomic E-state index is -0.562. The zero-order valence-corrected chi connectivity index (χ0v) is 12.2. The van der Waals surface area contributed by atoms with Gasteiger partial charge in [0, 0.05) is 12.2 Å². The number of anilines is 1. The number of aliphatic hydroxyl groups is 1. The van der Waals surface area contributed by atoms with E-state index in [1.807, 2.05) is 19.9 Å². The number of aryl methyl sites for hydroxylation is 2. The zero-order valence-electron chi connectivity index (χ0n) is 12.2. The fraction of sp³-hybridized carbons (Fsp3) is 0.533. The van der Waals surface area contributed by atoms with Gasteiger partial charge in [-0.1, -0.05) is 13.3 Å². The molecule has 0 aliphatic carbocycles. The molecule has 0 saturated heterocycles. The molecule has 2 aromatic heterocycles. The van der Waals surface area contributed by atoms with E-state index < -0.39 is 6.10 Å². The van der Waals surface area contributed by atoms with Crippen LogP contribution < -0.4 is 4.90 Å². The first kappa shape index (κ1) is 13.2. The number of aromatic nitrogens is 3. The van der Waals surface area contributed by atoms with E-state index >= 15 is 0 Å². The Bertz CT molecular complexity index is 651. The lowest BCUT2D eigenvalue weighted by Crippen LogP contribution is -2.34. The minimum Gasteiger partial charge on any atom is -0.385 e. The quantitative estimate of drug-likeness (QED) is 0.929. The van der Waals surface area contributed by atoms with Gasteiger partial charge in [0.25, 0.3) is 0 Å². The van der Waals surface area contributed by atoms with E-state index in [-0.39, 0.29) is 0 Å². The Morgan fingerprint density at radius 2 is 2.10 bits per heavy atom. The van der Waals surface area contributed by atoms with Gasteiger partial charge in [-0.25, -0.2) is 9.97 Å². The average Bonchev–Trinajstić information content (AvgIpc) is 2.39. The Hall–Kier alpha value is -1.75. The lowest BCUT2D eigenvalue weighted by molar-refractivity contribution is 0.177. The van der Waals surface area contributed by atoms with Gasteiger partial charge in [-0.3, -0.25) is 4.98 Å². The van der Waals surface area contributed by atoms with Gasteiger partial charge in [0.15, 0.2) is 0 Å². The third-order valence-corrected chi connectivity index (χ3v) is 3.72. The van der Waals surface area contributed by atoms with Crippen molar-refractivity contribution in [2.45, 2.75) is 39.7 Å². The minimum absolute atomic E-state index is 0.562. The molecule has 0 bridgehead atoms. The second-order valence-electron chi connectivity index (χ2n) is 5.45. The average molecular weight is 272 g/mol. The van der Waals surface area contributed by atoms with Crippen molar-refractivity contribution in [2.24, 2.45) is 0 Å². The number of hydrogen-bond acceptors (Lipinski definition) is 5. The summed E-state index contributed by atoms with van der Waals surface area (Å²) in [6, 6.07) is 1.97. The Labute approximate surface area is 118 Å². The van der Waals surface area contributed by atoms with Crippen LogP contribution in [0.2, 0.25) is 0 Å². The summed E-state index contributed by atoms with van der Waals surface area (Å²) in [4.78, 5) is 15.8. The number of unbranched alkanes of at least 4 members (excludes halogenated alkanes) is 1. The highest BCUT2D eigenvalue weighted by atomic mass is 16.3. The summed E-state index contributed by atoms with van der Waals surface area (Å²) in [7, 11) is 0. The van der Waals surface area contributed by atoms with Crippen LogP contribution >= 0.6 is 0 Å². The highest BCUT2D eigenvalue weighted by Gasteiger charge is 2.28. The molecule has 1 unspecified atom stereocenters. The van der Waals surface area contributed by atoms with Crippen LogP contribution in [0.25, 0.3) is 10.9 Å². The zero-order chi connectivity index (χ0) is 14.3. The molecule has 5 nitrogen and oxygen atoms in total. The lowest BCUT2D eigenvalue weighted by Gasteiger charge is -2.32. The van der Waals surface area contributed by atoms with Crippen molar-refractivity contribution < 1.29 is 5.11 Å². The molecule has 5 heteroatoms. The van der Waals surface area contributed by atoms with E-state index in [1.54, 1.807) is 0 Å². The standard InChI is InChI=1S/C15H20N4O/c1-4-5-6-19-8-12(20)14-13-11(7-9(2)16-14)17-10(3)18-15(13)19/h7,12,20H,4-6,8H2,1-3H3. The van der Waals surface area contributed by atoms with Crippen molar-refractivity contribution >= 4 is 16.7 Å². The van der Waals surface area contributed by atoms with E-state index in [2.05, 4.69) is 26.8 Å². The monoisotopic (exact) mass is 272 g/mol. The van der Waals surface area contributed by atoms with Crippen molar-refractivity contribution in [1.82, 2.24) is 15.0 Å². The molecule has 0 saturated carbocycles. The first-order valence-corrected chi connectivity index (χ1v) is 7.19. The highest BCUT2D eigenvalue weighted by Crippen LogP contribution is 2.35. The Morgan fingerprint density at radius 1 is 1.30 bits per heavy atom. The van der Waals surface area contributed by atoms with Crippen LogP contribution in [0, 0.1) is 13.8 Å². The number of hydrogen-bond donors (Lipinski definition) is 1. The van der Waals surface area contributed by atoms with Crippen LogP contribution in [0.1, 0.15) is 43.1 Å². The lowest BCUT2D eigenvalue weighted by atomic mass is 10.0. The van der Waals surface area contributed by atoms with Crippen LogP contribution in [0.3, 0.4) is 0 Å². The molecule has 3 heterocycles. The van der Waals surface area contributed by atoms with E-state index in [4.69, 9.17) is 0 Å².